The third kappa shape index (κ3) is 4.55. The van der Waals surface area contributed by atoms with E-state index in [0.717, 1.165) is 18.4 Å². The van der Waals surface area contributed by atoms with Gasteiger partial charge in [-0.25, -0.2) is 4.79 Å². The van der Waals surface area contributed by atoms with Crippen molar-refractivity contribution < 1.29 is 19.6 Å². The zero-order valence-electron chi connectivity index (χ0n) is 11.1. The average molecular weight is 293 g/mol. The molecule has 1 aliphatic carbocycles. The molecular weight excluding hydrogens is 275 g/mol. The molecule has 1 aliphatic rings. The average Bonchev–Trinajstić information content (AvgIpc) is 3.22. The number of aliphatic carboxylic acids is 1. The number of allylic oxidation sites excluding steroid dienone is 1. The number of aliphatic hydroxyl groups excluding tert-OH is 1. The molecule has 0 heterocycles. The van der Waals surface area contributed by atoms with E-state index in [1.165, 1.54) is 0 Å². The largest absolute Gasteiger partial charge is 0.478 e. The van der Waals surface area contributed by atoms with E-state index in [0.29, 0.717) is 5.92 Å². The second-order valence-corrected chi connectivity index (χ2v) is 6.83. The predicted molar refractivity (Wildman–Crippen MR) is 77.1 cm³/mol. The Balaban J connectivity index is 1.94. The van der Waals surface area contributed by atoms with Crippen LogP contribution in [0, 0.1) is 5.92 Å². The lowest BCUT2D eigenvalue weighted by Crippen LogP contribution is -2.11. The van der Waals surface area contributed by atoms with E-state index in [2.05, 4.69) is 0 Å². The maximum atomic E-state index is 12.1. The molecule has 0 spiro atoms. The molecule has 1 saturated carbocycles. The summed E-state index contributed by atoms with van der Waals surface area (Å²) < 4.78 is 12.1. The standard InChI is InChI=1S/C15H17O4P/c16-14(9-11-4-2-1-3-5-11)20(19)10-13(15(17)18)8-12-6-7-12/h1-5,8,12,14,16H,6-7,9-10H2/p+1. The number of carboxylic acids is 1. The summed E-state index contributed by atoms with van der Waals surface area (Å²) in [4.78, 5) is 11.1. The Morgan fingerprint density at radius 2 is 2.00 bits per heavy atom. The van der Waals surface area contributed by atoms with E-state index in [-0.39, 0.29) is 18.2 Å². The SMILES string of the molecule is O=C(O)C(=CC1CC1)C[P+](=O)C(O)Cc1ccccc1. The summed E-state index contributed by atoms with van der Waals surface area (Å²) in [5.74, 6) is -1.72. The smallest absolute Gasteiger partial charge is 0.375 e. The van der Waals surface area contributed by atoms with Crippen LogP contribution in [0.4, 0.5) is 0 Å². The third-order valence-corrected chi connectivity index (χ3v) is 4.75. The lowest BCUT2D eigenvalue weighted by atomic mass is 10.2. The van der Waals surface area contributed by atoms with Crippen LogP contribution in [-0.2, 0) is 15.8 Å². The van der Waals surface area contributed by atoms with Crippen LogP contribution < -0.4 is 0 Å². The second kappa shape index (κ2) is 6.78. The molecule has 1 aromatic carbocycles. The molecule has 0 saturated heterocycles. The van der Waals surface area contributed by atoms with Crippen LogP contribution in [-0.4, -0.2) is 28.2 Å². The van der Waals surface area contributed by atoms with Crippen molar-refractivity contribution in [1.29, 1.82) is 0 Å². The fourth-order valence-corrected chi connectivity index (χ4v) is 3.14. The number of aliphatic hydroxyl groups is 1. The molecule has 0 amide bonds. The number of carbonyl (C=O) groups is 1. The summed E-state index contributed by atoms with van der Waals surface area (Å²) in [5, 5.41) is 19.0. The monoisotopic (exact) mass is 293 g/mol. The molecule has 4 nitrogen and oxygen atoms in total. The van der Waals surface area contributed by atoms with Crippen LogP contribution in [0.2, 0.25) is 0 Å². The first-order valence-electron chi connectivity index (χ1n) is 6.66. The summed E-state index contributed by atoms with van der Waals surface area (Å²) in [6, 6.07) is 9.28. The molecule has 2 rings (SSSR count). The van der Waals surface area contributed by atoms with Crippen molar-refractivity contribution in [2.75, 3.05) is 6.16 Å². The highest BCUT2D eigenvalue weighted by molar-refractivity contribution is 7.45. The number of carboxylic acid groups (broad SMARTS) is 1. The van der Waals surface area contributed by atoms with Gasteiger partial charge in [0.25, 0.3) is 5.85 Å². The number of hydrogen-bond acceptors (Lipinski definition) is 3. The molecule has 20 heavy (non-hydrogen) atoms. The molecule has 2 N–H and O–H groups in total. The molecule has 2 atom stereocenters. The molecule has 1 fully saturated rings. The Morgan fingerprint density at radius 3 is 2.55 bits per heavy atom. The van der Waals surface area contributed by atoms with Crippen LogP contribution >= 0.6 is 7.80 Å². The van der Waals surface area contributed by atoms with E-state index < -0.39 is 19.6 Å². The zero-order valence-corrected chi connectivity index (χ0v) is 12.0. The van der Waals surface area contributed by atoms with Crippen molar-refractivity contribution in [3.05, 3.63) is 47.5 Å². The third-order valence-electron chi connectivity index (χ3n) is 3.25. The Kier molecular flexibility index (Phi) is 5.05. The molecule has 1 aromatic rings. The first-order chi connectivity index (χ1) is 9.56. The molecule has 2 unspecified atom stereocenters. The van der Waals surface area contributed by atoms with Gasteiger partial charge in [0.15, 0.2) is 6.16 Å². The topological polar surface area (TPSA) is 74.6 Å². The molecule has 0 aliphatic heterocycles. The van der Waals surface area contributed by atoms with Crippen LogP contribution in [0.1, 0.15) is 18.4 Å². The van der Waals surface area contributed by atoms with Gasteiger partial charge >= 0.3 is 13.8 Å². The second-order valence-electron chi connectivity index (χ2n) is 5.08. The maximum absolute atomic E-state index is 12.1. The Bertz CT molecular complexity index is 520. The van der Waals surface area contributed by atoms with Crippen LogP contribution in [0.5, 0.6) is 0 Å². The lowest BCUT2D eigenvalue weighted by Gasteiger charge is -2.02. The van der Waals surface area contributed by atoms with Gasteiger partial charge < -0.3 is 10.2 Å². The van der Waals surface area contributed by atoms with E-state index in [1.807, 2.05) is 30.3 Å². The van der Waals surface area contributed by atoms with Gasteiger partial charge in [0, 0.05) is 6.42 Å². The van der Waals surface area contributed by atoms with Gasteiger partial charge in [-0.1, -0.05) is 41.0 Å². The quantitative estimate of drug-likeness (QED) is 0.599. The van der Waals surface area contributed by atoms with Crippen LogP contribution in [0.15, 0.2) is 42.0 Å². The van der Waals surface area contributed by atoms with E-state index in [9.17, 15) is 14.5 Å². The van der Waals surface area contributed by atoms with Crippen molar-refractivity contribution in [2.24, 2.45) is 5.92 Å². The minimum Gasteiger partial charge on any atom is -0.478 e. The minimum atomic E-state index is -1.98. The number of rotatable bonds is 7. The Morgan fingerprint density at radius 1 is 1.35 bits per heavy atom. The van der Waals surface area contributed by atoms with E-state index in [1.54, 1.807) is 6.08 Å². The highest BCUT2D eigenvalue weighted by Gasteiger charge is 2.32. The van der Waals surface area contributed by atoms with Crippen molar-refractivity contribution in [3.63, 3.8) is 0 Å². The minimum absolute atomic E-state index is 0.0604. The fraction of sp³-hybridized carbons (Fsp3) is 0.400. The van der Waals surface area contributed by atoms with Crippen molar-refractivity contribution in [1.82, 2.24) is 0 Å². The van der Waals surface area contributed by atoms with Gasteiger partial charge in [-0.05, 0) is 24.3 Å². The summed E-state index contributed by atoms with van der Waals surface area (Å²) in [5.41, 5.74) is 1.06. The summed E-state index contributed by atoms with van der Waals surface area (Å²) in [7, 11) is -1.98. The summed E-state index contributed by atoms with van der Waals surface area (Å²) in [6.45, 7) is 0. The molecule has 0 radical (unpaired) electrons. The molecule has 5 heteroatoms. The Hall–Kier alpha value is -1.51. The predicted octanol–water partition coefficient (Wildman–Crippen LogP) is 2.80. The highest BCUT2D eigenvalue weighted by Crippen LogP contribution is 2.35. The van der Waals surface area contributed by atoms with Crippen molar-refractivity contribution >= 4 is 13.8 Å². The summed E-state index contributed by atoms with van der Waals surface area (Å²) in [6.07, 6.45) is 3.91. The van der Waals surface area contributed by atoms with Gasteiger partial charge in [0.05, 0.1) is 5.57 Å². The van der Waals surface area contributed by atoms with Crippen molar-refractivity contribution in [2.45, 2.75) is 25.1 Å². The van der Waals surface area contributed by atoms with Gasteiger partial charge in [-0.15, -0.1) is 0 Å². The molecule has 106 valence electrons. The lowest BCUT2D eigenvalue weighted by molar-refractivity contribution is -0.132. The van der Waals surface area contributed by atoms with Crippen LogP contribution in [0.25, 0.3) is 0 Å². The Labute approximate surface area is 118 Å². The van der Waals surface area contributed by atoms with Crippen molar-refractivity contribution in [3.8, 4) is 0 Å². The normalized spacial score (nSPS) is 17.6. The first-order valence-corrected chi connectivity index (χ1v) is 8.17. The van der Waals surface area contributed by atoms with Gasteiger partial charge in [-0.3, -0.25) is 0 Å². The molecule has 0 bridgehead atoms. The van der Waals surface area contributed by atoms with Gasteiger partial charge in [0.1, 0.15) is 0 Å². The maximum Gasteiger partial charge on any atom is 0.375 e. The molecular formula is C15H18O4P+. The number of benzene rings is 1. The van der Waals surface area contributed by atoms with E-state index in [4.69, 9.17) is 5.11 Å². The highest BCUT2D eigenvalue weighted by atomic mass is 31.1. The number of hydrogen-bond donors (Lipinski definition) is 2. The van der Waals surface area contributed by atoms with E-state index >= 15 is 0 Å². The fourth-order valence-electron chi connectivity index (χ4n) is 1.94. The van der Waals surface area contributed by atoms with Gasteiger partial charge in [-0.2, -0.15) is 0 Å². The zero-order chi connectivity index (χ0) is 14.5. The van der Waals surface area contributed by atoms with Gasteiger partial charge in [0.2, 0.25) is 0 Å². The molecule has 0 aromatic heterocycles. The summed E-state index contributed by atoms with van der Waals surface area (Å²) >= 11 is 0. The first kappa shape index (κ1) is 14.9. The van der Waals surface area contributed by atoms with Crippen LogP contribution in [0.3, 0.4) is 0 Å².